The molecule has 0 heterocycles. The third-order valence-corrected chi connectivity index (χ3v) is 1.58. The Labute approximate surface area is 64.2 Å². The third-order valence-electron chi connectivity index (χ3n) is 1.58. The molecule has 0 aliphatic heterocycles. The number of hydrogen-bond donors (Lipinski definition) is 0. The van der Waals surface area contributed by atoms with Crippen LogP contribution in [-0.2, 0) is 4.74 Å². The van der Waals surface area contributed by atoms with Crippen LogP contribution >= 0.6 is 0 Å². The Morgan fingerprint density at radius 1 is 1.50 bits per heavy atom. The molecule has 0 aliphatic rings. The van der Waals surface area contributed by atoms with Gasteiger partial charge in [-0.2, -0.15) is 0 Å². The van der Waals surface area contributed by atoms with E-state index in [0.717, 1.165) is 13.1 Å². The fraction of sp³-hybridized carbons (Fsp3) is 1.00. The van der Waals surface area contributed by atoms with Crippen molar-refractivity contribution in [2.45, 2.75) is 26.4 Å². The van der Waals surface area contributed by atoms with E-state index in [2.05, 4.69) is 25.8 Å². The maximum absolute atomic E-state index is 5.13. The van der Waals surface area contributed by atoms with Gasteiger partial charge in [0.25, 0.3) is 0 Å². The summed E-state index contributed by atoms with van der Waals surface area (Å²) in [6.45, 7) is 6.47. The van der Waals surface area contributed by atoms with Gasteiger partial charge in [0.15, 0.2) is 0 Å². The van der Waals surface area contributed by atoms with E-state index in [1.807, 2.05) is 0 Å². The molecule has 2 nitrogen and oxygen atoms in total. The molecule has 0 saturated carbocycles. The molecule has 0 N–H and O–H groups in total. The van der Waals surface area contributed by atoms with E-state index < -0.39 is 0 Å². The molecule has 0 aromatic carbocycles. The van der Waals surface area contributed by atoms with E-state index in [0.29, 0.717) is 6.10 Å². The van der Waals surface area contributed by atoms with Crippen LogP contribution in [0.2, 0.25) is 0 Å². The Kier molecular flexibility index (Phi) is 5.64. The smallest absolute Gasteiger partial charge is 0.0669 e. The van der Waals surface area contributed by atoms with E-state index in [1.165, 1.54) is 6.42 Å². The Bertz CT molecular complexity index is 75.7. The summed E-state index contributed by atoms with van der Waals surface area (Å²) < 4.78 is 5.13. The second-order valence-corrected chi connectivity index (χ2v) is 2.81. The van der Waals surface area contributed by atoms with Gasteiger partial charge in [-0.1, -0.05) is 6.92 Å². The van der Waals surface area contributed by atoms with E-state index in [9.17, 15) is 0 Å². The number of ether oxygens (including phenoxy) is 1. The van der Waals surface area contributed by atoms with Crippen molar-refractivity contribution in [3.05, 3.63) is 0 Å². The Morgan fingerprint density at radius 3 is 2.50 bits per heavy atom. The zero-order valence-electron chi connectivity index (χ0n) is 7.55. The van der Waals surface area contributed by atoms with Crippen LogP contribution in [0.1, 0.15) is 20.3 Å². The molecule has 0 fully saturated rings. The summed E-state index contributed by atoms with van der Waals surface area (Å²) in [5.74, 6) is 0. The first-order valence-corrected chi connectivity index (χ1v) is 3.92. The molecule has 0 aromatic rings. The quantitative estimate of drug-likeness (QED) is 0.579. The zero-order valence-corrected chi connectivity index (χ0v) is 7.55. The Morgan fingerprint density at radius 2 is 2.10 bits per heavy atom. The number of rotatable bonds is 5. The first-order chi connectivity index (χ1) is 4.70. The molecule has 0 radical (unpaired) electrons. The summed E-state index contributed by atoms with van der Waals surface area (Å²) in [7, 11) is 3.88. The summed E-state index contributed by atoms with van der Waals surface area (Å²) in [6.07, 6.45) is 1.57. The predicted octanol–water partition coefficient (Wildman–Crippen LogP) is 1.36. The standard InChI is InChI=1S/C8H19NO/c1-5-6-9(3)7-8(2)10-4/h8H,5-7H2,1-4H3. The second kappa shape index (κ2) is 5.69. The maximum atomic E-state index is 5.13. The lowest BCUT2D eigenvalue weighted by molar-refractivity contribution is 0.0858. The van der Waals surface area contributed by atoms with Gasteiger partial charge >= 0.3 is 0 Å². The maximum Gasteiger partial charge on any atom is 0.0669 e. The summed E-state index contributed by atoms with van der Waals surface area (Å²) in [5, 5.41) is 0. The lowest BCUT2D eigenvalue weighted by Gasteiger charge is -2.19. The van der Waals surface area contributed by atoms with Gasteiger partial charge in [0.05, 0.1) is 6.10 Å². The molecule has 1 unspecified atom stereocenters. The monoisotopic (exact) mass is 145 g/mol. The molecular formula is C8H19NO. The van der Waals surface area contributed by atoms with Crippen LogP contribution in [0.3, 0.4) is 0 Å². The topological polar surface area (TPSA) is 12.5 Å². The van der Waals surface area contributed by atoms with Gasteiger partial charge in [-0.15, -0.1) is 0 Å². The minimum absolute atomic E-state index is 0.358. The van der Waals surface area contributed by atoms with Gasteiger partial charge in [0, 0.05) is 13.7 Å². The molecule has 0 bridgehead atoms. The summed E-state index contributed by atoms with van der Waals surface area (Å²) in [6, 6.07) is 0. The van der Waals surface area contributed by atoms with Crippen LogP contribution in [0.4, 0.5) is 0 Å². The molecule has 0 saturated heterocycles. The molecule has 0 rings (SSSR count). The van der Waals surface area contributed by atoms with Crippen LogP contribution in [0, 0.1) is 0 Å². The SMILES string of the molecule is CCCN(C)CC(C)OC. The summed E-state index contributed by atoms with van der Waals surface area (Å²) >= 11 is 0. The fourth-order valence-corrected chi connectivity index (χ4v) is 0.986. The molecule has 1 atom stereocenters. The number of methoxy groups -OCH3 is 1. The molecule has 0 aromatic heterocycles. The molecule has 0 aliphatic carbocycles. The lowest BCUT2D eigenvalue weighted by atomic mass is 10.3. The third kappa shape index (κ3) is 4.77. The predicted molar refractivity (Wildman–Crippen MR) is 44.3 cm³/mol. The van der Waals surface area contributed by atoms with E-state index in [4.69, 9.17) is 4.74 Å². The highest BCUT2D eigenvalue weighted by Crippen LogP contribution is 1.92. The molecule has 10 heavy (non-hydrogen) atoms. The lowest BCUT2D eigenvalue weighted by Crippen LogP contribution is -2.28. The average Bonchev–Trinajstić information content (AvgIpc) is 1.88. The van der Waals surface area contributed by atoms with Crippen molar-refractivity contribution in [1.29, 1.82) is 0 Å². The van der Waals surface area contributed by atoms with Crippen molar-refractivity contribution in [2.24, 2.45) is 0 Å². The molecule has 2 heteroatoms. The van der Waals surface area contributed by atoms with Gasteiger partial charge in [-0.25, -0.2) is 0 Å². The average molecular weight is 145 g/mol. The van der Waals surface area contributed by atoms with E-state index >= 15 is 0 Å². The van der Waals surface area contributed by atoms with Gasteiger partial charge < -0.3 is 9.64 Å². The van der Waals surface area contributed by atoms with Crippen LogP contribution < -0.4 is 0 Å². The minimum Gasteiger partial charge on any atom is -0.380 e. The Hall–Kier alpha value is -0.0800. The normalized spacial score (nSPS) is 14.1. The van der Waals surface area contributed by atoms with Gasteiger partial charge in [-0.05, 0) is 26.9 Å². The first kappa shape index (κ1) is 9.92. The highest BCUT2D eigenvalue weighted by molar-refractivity contribution is 4.55. The second-order valence-electron chi connectivity index (χ2n) is 2.81. The molecular weight excluding hydrogens is 126 g/mol. The van der Waals surface area contributed by atoms with Crippen LogP contribution in [0.5, 0.6) is 0 Å². The van der Waals surface area contributed by atoms with Crippen molar-refractivity contribution in [3.8, 4) is 0 Å². The molecule has 0 spiro atoms. The van der Waals surface area contributed by atoms with Gasteiger partial charge in [0.1, 0.15) is 0 Å². The van der Waals surface area contributed by atoms with Crippen molar-refractivity contribution < 1.29 is 4.74 Å². The van der Waals surface area contributed by atoms with Crippen molar-refractivity contribution >= 4 is 0 Å². The zero-order chi connectivity index (χ0) is 7.98. The first-order valence-electron chi connectivity index (χ1n) is 3.92. The molecule has 62 valence electrons. The van der Waals surface area contributed by atoms with Crippen LogP contribution in [0.15, 0.2) is 0 Å². The van der Waals surface area contributed by atoms with E-state index in [-0.39, 0.29) is 0 Å². The van der Waals surface area contributed by atoms with Crippen molar-refractivity contribution in [3.63, 3.8) is 0 Å². The van der Waals surface area contributed by atoms with Crippen molar-refractivity contribution in [2.75, 3.05) is 27.2 Å². The highest BCUT2D eigenvalue weighted by Gasteiger charge is 2.02. The highest BCUT2D eigenvalue weighted by atomic mass is 16.5. The summed E-state index contributed by atoms with van der Waals surface area (Å²) in [5.41, 5.74) is 0. The number of likely N-dealkylation sites (N-methyl/N-ethyl adjacent to an activating group) is 1. The fourth-order valence-electron chi connectivity index (χ4n) is 0.986. The largest absolute Gasteiger partial charge is 0.380 e. The number of hydrogen-bond acceptors (Lipinski definition) is 2. The minimum atomic E-state index is 0.358. The van der Waals surface area contributed by atoms with Crippen molar-refractivity contribution in [1.82, 2.24) is 4.90 Å². The van der Waals surface area contributed by atoms with Crippen LogP contribution in [0.25, 0.3) is 0 Å². The van der Waals surface area contributed by atoms with Gasteiger partial charge in [0.2, 0.25) is 0 Å². The van der Waals surface area contributed by atoms with Crippen LogP contribution in [-0.4, -0.2) is 38.3 Å². The Balaban J connectivity index is 3.27. The summed E-state index contributed by atoms with van der Waals surface area (Å²) in [4.78, 5) is 2.29. The van der Waals surface area contributed by atoms with E-state index in [1.54, 1.807) is 7.11 Å². The van der Waals surface area contributed by atoms with Gasteiger partial charge in [-0.3, -0.25) is 0 Å². The number of nitrogens with zero attached hydrogens (tertiary/aromatic N) is 1. The molecule has 0 amide bonds.